The lowest BCUT2D eigenvalue weighted by Gasteiger charge is -2.08. The summed E-state index contributed by atoms with van der Waals surface area (Å²) in [5.41, 5.74) is 0.528. The van der Waals surface area contributed by atoms with Crippen LogP contribution >= 0.6 is 0 Å². The van der Waals surface area contributed by atoms with Crippen LogP contribution in [0.5, 0.6) is 0 Å². The van der Waals surface area contributed by atoms with Gasteiger partial charge in [0.25, 0.3) is 0 Å². The van der Waals surface area contributed by atoms with Crippen molar-refractivity contribution in [3.05, 3.63) is 24.0 Å². The van der Waals surface area contributed by atoms with Crippen LogP contribution in [0.4, 0.5) is 15.8 Å². The molecular weight excluding hydrogens is 223 g/mol. The van der Waals surface area contributed by atoms with Gasteiger partial charge in [-0.25, -0.2) is 4.39 Å². The summed E-state index contributed by atoms with van der Waals surface area (Å²) in [6.07, 6.45) is 1.15. The average molecular weight is 238 g/mol. The number of carbonyl (C=O) groups excluding carboxylic acids is 2. The van der Waals surface area contributed by atoms with Gasteiger partial charge in [0.2, 0.25) is 11.8 Å². The number of amides is 2. The number of nitrogens with one attached hydrogen (secondary N) is 2. The molecule has 0 atom stereocenters. The van der Waals surface area contributed by atoms with Gasteiger partial charge in [-0.2, -0.15) is 0 Å². The lowest BCUT2D eigenvalue weighted by Crippen LogP contribution is -2.12. The highest BCUT2D eigenvalue weighted by molar-refractivity contribution is 5.93. The smallest absolute Gasteiger partial charge is 0.224 e. The zero-order valence-corrected chi connectivity index (χ0v) is 9.84. The molecule has 0 unspecified atom stereocenters. The summed E-state index contributed by atoms with van der Waals surface area (Å²) in [6, 6.07) is 4.05. The van der Waals surface area contributed by atoms with Gasteiger partial charge in [0.1, 0.15) is 5.82 Å². The van der Waals surface area contributed by atoms with E-state index in [1.165, 1.54) is 25.1 Å². The molecule has 0 aliphatic heterocycles. The molecule has 0 heterocycles. The number of anilines is 2. The van der Waals surface area contributed by atoms with Crippen molar-refractivity contribution in [1.29, 1.82) is 0 Å². The van der Waals surface area contributed by atoms with Gasteiger partial charge in [0, 0.05) is 19.0 Å². The van der Waals surface area contributed by atoms with E-state index in [1.54, 1.807) is 0 Å². The Bertz CT molecular complexity index is 433. The van der Waals surface area contributed by atoms with E-state index in [9.17, 15) is 14.0 Å². The lowest BCUT2D eigenvalue weighted by atomic mass is 10.2. The van der Waals surface area contributed by atoms with Gasteiger partial charge in [0.15, 0.2) is 0 Å². The molecule has 0 fully saturated rings. The SMILES string of the molecule is CCCC(=O)Nc1ccc(F)c(NC(C)=O)c1. The van der Waals surface area contributed by atoms with Gasteiger partial charge >= 0.3 is 0 Å². The van der Waals surface area contributed by atoms with Gasteiger partial charge < -0.3 is 10.6 Å². The standard InChI is InChI=1S/C12H15FN2O2/c1-3-4-12(17)15-9-5-6-10(13)11(7-9)14-8(2)16/h5-7H,3-4H2,1-2H3,(H,14,16)(H,15,17). The summed E-state index contributed by atoms with van der Waals surface area (Å²) in [5.74, 6) is -1.03. The molecule has 92 valence electrons. The molecule has 0 spiro atoms. The second-order valence-corrected chi connectivity index (χ2v) is 3.67. The molecule has 2 amide bonds. The zero-order chi connectivity index (χ0) is 12.8. The van der Waals surface area contributed by atoms with Crippen LogP contribution in [0.1, 0.15) is 26.7 Å². The fourth-order valence-corrected chi connectivity index (χ4v) is 1.34. The van der Waals surface area contributed by atoms with E-state index in [4.69, 9.17) is 0 Å². The maximum atomic E-state index is 13.3. The van der Waals surface area contributed by atoms with Gasteiger partial charge in [-0.15, -0.1) is 0 Å². The van der Waals surface area contributed by atoms with Crippen molar-refractivity contribution in [3.8, 4) is 0 Å². The molecule has 0 saturated carbocycles. The zero-order valence-electron chi connectivity index (χ0n) is 9.84. The van der Waals surface area contributed by atoms with Crippen molar-refractivity contribution in [2.75, 3.05) is 10.6 Å². The monoisotopic (exact) mass is 238 g/mol. The predicted octanol–water partition coefficient (Wildman–Crippen LogP) is 2.52. The first-order valence-electron chi connectivity index (χ1n) is 5.40. The number of hydrogen-bond donors (Lipinski definition) is 2. The molecule has 0 aliphatic rings. The number of benzene rings is 1. The summed E-state index contributed by atoms with van der Waals surface area (Å²) in [4.78, 5) is 22.2. The lowest BCUT2D eigenvalue weighted by molar-refractivity contribution is -0.116. The largest absolute Gasteiger partial charge is 0.326 e. The third-order valence-corrected chi connectivity index (χ3v) is 2.04. The van der Waals surface area contributed by atoms with E-state index in [1.807, 2.05) is 6.92 Å². The molecule has 0 saturated heterocycles. The first-order chi connectivity index (χ1) is 8.02. The van der Waals surface area contributed by atoms with Crippen molar-refractivity contribution in [2.45, 2.75) is 26.7 Å². The van der Waals surface area contributed by atoms with Crippen LogP contribution in [0.2, 0.25) is 0 Å². The minimum atomic E-state index is -0.534. The van der Waals surface area contributed by atoms with Crippen LogP contribution in [0.15, 0.2) is 18.2 Å². The molecule has 17 heavy (non-hydrogen) atoms. The molecule has 1 aromatic rings. The molecule has 0 radical (unpaired) electrons. The minimum absolute atomic E-state index is 0.0619. The Hall–Kier alpha value is -1.91. The Morgan fingerprint density at radius 1 is 1.29 bits per heavy atom. The Balaban J connectivity index is 2.81. The molecule has 1 aromatic carbocycles. The minimum Gasteiger partial charge on any atom is -0.326 e. The van der Waals surface area contributed by atoms with Gasteiger partial charge in [-0.1, -0.05) is 6.92 Å². The van der Waals surface area contributed by atoms with E-state index in [-0.39, 0.29) is 17.5 Å². The van der Waals surface area contributed by atoms with E-state index in [0.717, 1.165) is 6.42 Å². The number of carbonyl (C=O) groups is 2. The van der Waals surface area contributed by atoms with Gasteiger partial charge in [-0.05, 0) is 24.6 Å². The van der Waals surface area contributed by atoms with Crippen molar-refractivity contribution >= 4 is 23.2 Å². The fraction of sp³-hybridized carbons (Fsp3) is 0.333. The predicted molar refractivity (Wildman–Crippen MR) is 64.2 cm³/mol. The molecule has 5 heteroatoms. The average Bonchev–Trinajstić information content (AvgIpc) is 2.22. The first kappa shape index (κ1) is 13.2. The fourth-order valence-electron chi connectivity index (χ4n) is 1.34. The van der Waals surface area contributed by atoms with Crippen LogP contribution in [0, 0.1) is 5.82 Å². The molecule has 0 bridgehead atoms. The summed E-state index contributed by atoms with van der Waals surface area (Å²) in [5, 5.41) is 4.98. The van der Waals surface area contributed by atoms with E-state index >= 15 is 0 Å². The van der Waals surface area contributed by atoms with Crippen molar-refractivity contribution in [1.82, 2.24) is 0 Å². The summed E-state index contributed by atoms with van der Waals surface area (Å²) < 4.78 is 13.3. The third kappa shape index (κ3) is 4.22. The normalized spacial score (nSPS) is 9.82. The van der Waals surface area contributed by atoms with Crippen LogP contribution < -0.4 is 10.6 Å². The van der Waals surface area contributed by atoms with E-state index < -0.39 is 5.82 Å². The van der Waals surface area contributed by atoms with Crippen molar-refractivity contribution in [3.63, 3.8) is 0 Å². The van der Waals surface area contributed by atoms with E-state index in [2.05, 4.69) is 10.6 Å². The molecule has 0 aromatic heterocycles. The Morgan fingerprint density at radius 2 is 2.00 bits per heavy atom. The molecular formula is C12H15FN2O2. The number of halogens is 1. The maximum absolute atomic E-state index is 13.3. The van der Waals surface area contributed by atoms with Crippen LogP contribution in [0.3, 0.4) is 0 Å². The number of rotatable bonds is 4. The van der Waals surface area contributed by atoms with Crippen molar-refractivity contribution in [2.24, 2.45) is 0 Å². The quantitative estimate of drug-likeness (QED) is 0.846. The molecule has 4 nitrogen and oxygen atoms in total. The maximum Gasteiger partial charge on any atom is 0.224 e. The van der Waals surface area contributed by atoms with Gasteiger partial charge in [0.05, 0.1) is 5.69 Å². The summed E-state index contributed by atoms with van der Waals surface area (Å²) >= 11 is 0. The van der Waals surface area contributed by atoms with Crippen LogP contribution in [0.25, 0.3) is 0 Å². The third-order valence-electron chi connectivity index (χ3n) is 2.04. The molecule has 0 aliphatic carbocycles. The highest BCUT2D eigenvalue weighted by atomic mass is 19.1. The Labute approximate surface area is 99.2 Å². The Kier molecular flexibility index (Phi) is 4.63. The summed E-state index contributed by atoms with van der Waals surface area (Å²) in [6.45, 7) is 3.19. The second-order valence-electron chi connectivity index (χ2n) is 3.67. The number of hydrogen-bond acceptors (Lipinski definition) is 2. The highest BCUT2D eigenvalue weighted by Gasteiger charge is 2.07. The van der Waals surface area contributed by atoms with Crippen molar-refractivity contribution < 1.29 is 14.0 Å². The van der Waals surface area contributed by atoms with Crippen LogP contribution in [-0.4, -0.2) is 11.8 Å². The van der Waals surface area contributed by atoms with E-state index in [0.29, 0.717) is 12.1 Å². The van der Waals surface area contributed by atoms with Crippen LogP contribution in [-0.2, 0) is 9.59 Å². The molecule has 1 rings (SSSR count). The van der Waals surface area contributed by atoms with Gasteiger partial charge in [-0.3, -0.25) is 9.59 Å². The second kappa shape index (κ2) is 5.98. The molecule has 2 N–H and O–H groups in total. The first-order valence-corrected chi connectivity index (χ1v) is 5.40. The topological polar surface area (TPSA) is 58.2 Å². The Morgan fingerprint density at radius 3 is 2.59 bits per heavy atom. The highest BCUT2D eigenvalue weighted by Crippen LogP contribution is 2.19. The summed E-state index contributed by atoms with van der Waals surface area (Å²) in [7, 11) is 0.